The fraction of sp³-hybridized carbons (Fsp3) is 0.400. The first-order valence-corrected chi connectivity index (χ1v) is 7.73. The third kappa shape index (κ3) is 3.39. The summed E-state index contributed by atoms with van der Waals surface area (Å²) < 4.78 is 4.41. The molecule has 0 aliphatic heterocycles. The van der Waals surface area contributed by atoms with Gasteiger partial charge in [0.25, 0.3) is 0 Å². The highest BCUT2D eigenvalue weighted by Crippen LogP contribution is 2.13. The molecule has 18 heavy (non-hydrogen) atoms. The van der Waals surface area contributed by atoms with Gasteiger partial charge in [-0.05, 0) is 29.9 Å². The fourth-order valence-electron chi connectivity index (χ4n) is 2.01. The topological polar surface area (TPSA) is 8.81 Å². The normalized spacial score (nSPS) is 11.1. The minimum absolute atomic E-state index is 0.676. The molecule has 0 unspecified atom stereocenters. The van der Waals surface area contributed by atoms with E-state index in [1.165, 1.54) is 11.3 Å². The highest BCUT2D eigenvalue weighted by atomic mass is 32.2. The van der Waals surface area contributed by atoms with Crippen LogP contribution >= 0.6 is 11.8 Å². The lowest BCUT2D eigenvalue weighted by Crippen LogP contribution is -2.33. The molecule has 1 heterocycles. The predicted molar refractivity (Wildman–Crippen MR) is 78.0 cm³/mol. The Balaban J connectivity index is 2.13. The summed E-state index contributed by atoms with van der Waals surface area (Å²) in [7, 11) is 0. The van der Waals surface area contributed by atoms with Crippen molar-refractivity contribution in [3.63, 3.8) is 0 Å². The lowest BCUT2D eigenvalue weighted by atomic mass is 10.2. The smallest absolute Gasteiger partial charge is 0.236 e. The van der Waals surface area contributed by atoms with Gasteiger partial charge in [0.15, 0.2) is 0 Å². The van der Waals surface area contributed by atoms with Crippen molar-refractivity contribution < 1.29 is 4.57 Å². The number of hydrogen-bond acceptors (Lipinski definition) is 1. The molecular weight excluding hydrogens is 240 g/mol. The van der Waals surface area contributed by atoms with Crippen molar-refractivity contribution in [2.24, 2.45) is 5.92 Å². The van der Waals surface area contributed by atoms with Crippen LogP contribution in [0.15, 0.2) is 43.0 Å². The van der Waals surface area contributed by atoms with Crippen molar-refractivity contribution in [2.75, 3.05) is 6.26 Å². The summed E-state index contributed by atoms with van der Waals surface area (Å²) >= 11 is 1.86. The highest BCUT2D eigenvalue weighted by Gasteiger charge is 2.07. The number of hydrogen-bond donors (Lipinski definition) is 0. The van der Waals surface area contributed by atoms with Crippen molar-refractivity contribution >= 4 is 11.8 Å². The second kappa shape index (κ2) is 6.10. The van der Waals surface area contributed by atoms with Gasteiger partial charge in [-0.1, -0.05) is 26.0 Å². The minimum atomic E-state index is 0.676. The molecule has 2 aromatic rings. The molecule has 0 fully saturated rings. The Kier molecular flexibility index (Phi) is 4.48. The van der Waals surface area contributed by atoms with Gasteiger partial charge in [0, 0.05) is 5.75 Å². The van der Waals surface area contributed by atoms with Gasteiger partial charge in [-0.15, -0.1) is 0 Å². The summed E-state index contributed by atoms with van der Waals surface area (Å²) in [5, 5.41) is 0. The molecule has 96 valence electrons. The molecule has 0 aliphatic carbocycles. The van der Waals surface area contributed by atoms with Crippen molar-refractivity contribution in [1.82, 2.24) is 4.57 Å². The van der Waals surface area contributed by atoms with Gasteiger partial charge in [0.1, 0.15) is 18.1 Å². The van der Waals surface area contributed by atoms with E-state index in [1.54, 1.807) is 0 Å². The first kappa shape index (κ1) is 13.2. The van der Waals surface area contributed by atoms with E-state index in [-0.39, 0.29) is 0 Å². The number of rotatable bonds is 5. The molecular formula is C15H21N2S+. The number of benzene rings is 1. The molecule has 0 aliphatic rings. The van der Waals surface area contributed by atoms with Crippen molar-refractivity contribution in [3.8, 4) is 5.69 Å². The van der Waals surface area contributed by atoms with Gasteiger partial charge in [-0.25, -0.2) is 9.13 Å². The molecule has 1 aromatic heterocycles. The van der Waals surface area contributed by atoms with Crippen LogP contribution in [-0.2, 0) is 12.3 Å². The zero-order chi connectivity index (χ0) is 13.0. The molecule has 0 spiro atoms. The van der Waals surface area contributed by atoms with Gasteiger partial charge in [0.05, 0.1) is 6.54 Å². The van der Waals surface area contributed by atoms with Crippen LogP contribution in [0.3, 0.4) is 0 Å². The monoisotopic (exact) mass is 261 g/mol. The van der Waals surface area contributed by atoms with Crippen LogP contribution in [0.25, 0.3) is 5.69 Å². The number of nitrogens with zero attached hydrogens (tertiary/aromatic N) is 2. The Bertz CT molecular complexity index is 485. The fourth-order valence-corrected chi connectivity index (χ4v) is 2.53. The van der Waals surface area contributed by atoms with Crippen LogP contribution in [-0.4, -0.2) is 10.8 Å². The van der Waals surface area contributed by atoms with Gasteiger partial charge in [-0.2, -0.15) is 11.8 Å². The van der Waals surface area contributed by atoms with Gasteiger partial charge < -0.3 is 0 Å². The average Bonchev–Trinajstić information content (AvgIpc) is 2.78. The summed E-state index contributed by atoms with van der Waals surface area (Å²) in [6.45, 7) is 5.54. The highest BCUT2D eigenvalue weighted by molar-refractivity contribution is 7.97. The van der Waals surface area contributed by atoms with Gasteiger partial charge >= 0.3 is 0 Å². The lowest BCUT2D eigenvalue weighted by Gasteiger charge is -2.00. The Morgan fingerprint density at radius 3 is 2.56 bits per heavy atom. The van der Waals surface area contributed by atoms with Crippen molar-refractivity contribution in [2.45, 2.75) is 26.1 Å². The molecule has 0 saturated heterocycles. The Morgan fingerprint density at radius 1 is 1.22 bits per heavy atom. The molecule has 3 heteroatoms. The first-order valence-electron chi connectivity index (χ1n) is 6.34. The van der Waals surface area contributed by atoms with Crippen LogP contribution < -0.4 is 4.57 Å². The van der Waals surface area contributed by atoms with Crippen molar-refractivity contribution in [3.05, 3.63) is 48.5 Å². The van der Waals surface area contributed by atoms with Crippen molar-refractivity contribution in [1.29, 1.82) is 0 Å². The quantitative estimate of drug-likeness (QED) is 0.750. The maximum absolute atomic E-state index is 2.24. The van der Waals surface area contributed by atoms with E-state index in [9.17, 15) is 0 Å². The zero-order valence-electron chi connectivity index (χ0n) is 11.3. The molecule has 2 rings (SSSR count). The summed E-state index contributed by atoms with van der Waals surface area (Å²) in [6.07, 6.45) is 8.54. The number of imidazole rings is 1. The maximum Gasteiger partial charge on any atom is 0.248 e. The second-order valence-electron chi connectivity index (χ2n) is 5.01. The first-order chi connectivity index (χ1) is 8.69. The standard InChI is InChI=1S/C15H21N2S/c1-13(2)10-16-8-9-17(12-16)15-6-4-14(5-7-15)11-18-3/h4-9,12-13H,10-11H2,1-3H3/q+1. The second-order valence-corrected chi connectivity index (χ2v) is 5.88. The molecule has 0 radical (unpaired) electrons. The molecule has 0 saturated carbocycles. The summed E-state index contributed by atoms with van der Waals surface area (Å²) in [6, 6.07) is 8.79. The van der Waals surface area contributed by atoms with E-state index < -0.39 is 0 Å². The van der Waals surface area contributed by atoms with Crippen LogP contribution in [0.2, 0.25) is 0 Å². The van der Waals surface area contributed by atoms with E-state index in [2.05, 4.69) is 72.2 Å². The maximum atomic E-state index is 2.24. The summed E-state index contributed by atoms with van der Waals surface area (Å²) in [5.74, 6) is 1.76. The minimum Gasteiger partial charge on any atom is -0.236 e. The van der Waals surface area contributed by atoms with Crippen LogP contribution in [0.1, 0.15) is 19.4 Å². The van der Waals surface area contributed by atoms with Crippen LogP contribution in [0.4, 0.5) is 0 Å². The molecule has 1 aromatic carbocycles. The summed E-state index contributed by atoms with van der Waals surface area (Å²) in [5.41, 5.74) is 2.61. The van der Waals surface area contributed by atoms with Crippen LogP contribution in [0, 0.1) is 5.92 Å². The Labute approximate surface area is 114 Å². The van der Waals surface area contributed by atoms with Gasteiger partial charge in [0.2, 0.25) is 6.33 Å². The van der Waals surface area contributed by atoms with E-state index in [4.69, 9.17) is 0 Å². The van der Waals surface area contributed by atoms with E-state index >= 15 is 0 Å². The van der Waals surface area contributed by atoms with E-state index in [0.29, 0.717) is 5.92 Å². The third-order valence-corrected chi connectivity index (χ3v) is 3.43. The molecule has 0 bridgehead atoms. The molecule has 0 N–H and O–H groups in total. The Hall–Kier alpha value is -1.22. The van der Waals surface area contributed by atoms with Gasteiger partial charge in [-0.3, -0.25) is 0 Å². The van der Waals surface area contributed by atoms with E-state index in [0.717, 1.165) is 12.3 Å². The summed E-state index contributed by atoms with van der Waals surface area (Å²) in [4.78, 5) is 0. The third-order valence-electron chi connectivity index (χ3n) is 2.81. The zero-order valence-corrected chi connectivity index (χ0v) is 12.2. The lowest BCUT2D eigenvalue weighted by molar-refractivity contribution is -0.701. The van der Waals surface area contributed by atoms with E-state index in [1.807, 2.05) is 11.8 Å². The average molecular weight is 261 g/mol. The molecule has 0 amide bonds. The predicted octanol–water partition coefficient (Wildman–Crippen LogP) is 3.28. The van der Waals surface area contributed by atoms with Crippen LogP contribution in [0.5, 0.6) is 0 Å². The number of thioether (sulfide) groups is 1. The SMILES string of the molecule is CSCc1ccc(-n2cc[n+](CC(C)C)c2)cc1. The Morgan fingerprint density at radius 2 is 1.94 bits per heavy atom. The largest absolute Gasteiger partial charge is 0.248 e. The number of aromatic nitrogens is 2. The molecule has 2 nitrogen and oxygen atoms in total. The molecule has 0 atom stereocenters.